The summed E-state index contributed by atoms with van der Waals surface area (Å²) in [4.78, 5) is 11.4. The quantitative estimate of drug-likeness (QED) is 0.785. The molecule has 2 aromatic carbocycles. The number of hydrogen-bond donors (Lipinski definition) is 0. The lowest BCUT2D eigenvalue weighted by atomic mass is 10.0. The zero-order valence-electron chi connectivity index (χ0n) is 11.1. The van der Waals surface area contributed by atoms with Gasteiger partial charge in [0.15, 0.2) is 0 Å². The average molecular weight is 256 g/mol. The molecule has 0 saturated heterocycles. The Kier molecular flexibility index (Phi) is 4.18. The van der Waals surface area contributed by atoms with E-state index in [-0.39, 0.29) is 5.97 Å². The molecule has 0 aliphatic rings. The minimum Gasteiger partial charge on any atom is -0.494 e. The molecule has 0 unspecified atom stereocenters. The molecule has 0 bridgehead atoms. The van der Waals surface area contributed by atoms with Gasteiger partial charge in [-0.15, -0.1) is 0 Å². The van der Waals surface area contributed by atoms with Gasteiger partial charge >= 0.3 is 5.97 Å². The van der Waals surface area contributed by atoms with Crippen LogP contribution in [0.4, 0.5) is 0 Å². The molecule has 19 heavy (non-hydrogen) atoms. The fourth-order valence-corrected chi connectivity index (χ4v) is 1.85. The molecule has 0 aromatic heterocycles. The van der Waals surface area contributed by atoms with E-state index in [1.54, 1.807) is 12.1 Å². The summed E-state index contributed by atoms with van der Waals surface area (Å²) in [7, 11) is 1.38. The maximum Gasteiger partial charge on any atom is 0.337 e. The molecule has 0 fully saturated rings. The third kappa shape index (κ3) is 3.13. The minimum absolute atomic E-state index is 0.324. The molecule has 0 amide bonds. The zero-order valence-corrected chi connectivity index (χ0v) is 11.1. The lowest BCUT2D eigenvalue weighted by Gasteiger charge is -2.07. The number of carbonyl (C=O) groups excluding carboxylic acids is 1. The van der Waals surface area contributed by atoms with Gasteiger partial charge in [0.25, 0.3) is 0 Å². The number of esters is 1. The van der Waals surface area contributed by atoms with Crippen LogP contribution in [0.5, 0.6) is 5.75 Å². The van der Waals surface area contributed by atoms with Gasteiger partial charge in [0.1, 0.15) is 5.75 Å². The van der Waals surface area contributed by atoms with E-state index in [4.69, 9.17) is 4.74 Å². The smallest absolute Gasteiger partial charge is 0.337 e. The van der Waals surface area contributed by atoms with E-state index in [9.17, 15) is 4.79 Å². The van der Waals surface area contributed by atoms with E-state index < -0.39 is 0 Å². The molecule has 3 heteroatoms. The van der Waals surface area contributed by atoms with Crippen molar-refractivity contribution >= 4 is 5.97 Å². The number of hydrogen-bond acceptors (Lipinski definition) is 3. The van der Waals surface area contributed by atoms with E-state index in [2.05, 4.69) is 4.74 Å². The molecule has 0 heterocycles. The van der Waals surface area contributed by atoms with Crippen LogP contribution >= 0.6 is 0 Å². The van der Waals surface area contributed by atoms with Crippen molar-refractivity contribution in [2.45, 2.75) is 6.92 Å². The molecule has 0 spiro atoms. The van der Waals surface area contributed by atoms with Crippen molar-refractivity contribution in [1.82, 2.24) is 0 Å². The van der Waals surface area contributed by atoms with Crippen LogP contribution in [-0.2, 0) is 4.74 Å². The summed E-state index contributed by atoms with van der Waals surface area (Å²) in [5, 5.41) is 0. The molecule has 0 N–H and O–H groups in total. The number of rotatable bonds is 4. The van der Waals surface area contributed by atoms with Gasteiger partial charge in [-0.2, -0.15) is 0 Å². The molecular weight excluding hydrogens is 240 g/mol. The highest BCUT2D eigenvalue weighted by atomic mass is 16.5. The number of ether oxygens (including phenoxy) is 2. The number of methoxy groups -OCH3 is 1. The van der Waals surface area contributed by atoms with Gasteiger partial charge in [0, 0.05) is 0 Å². The highest BCUT2D eigenvalue weighted by Gasteiger charge is 2.05. The van der Waals surface area contributed by atoms with Crippen molar-refractivity contribution in [2.75, 3.05) is 13.7 Å². The topological polar surface area (TPSA) is 35.5 Å². The predicted octanol–water partition coefficient (Wildman–Crippen LogP) is 3.54. The van der Waals surface area contributed by atoms with Crippen molar-refractivity contribution < 1.29 is 14.3 Å². The van der Waals surface area contributed by atoms with E-state index >= 15 is 0 Å². The molecular formula is C16H16O3. The monoisotopic (exact) mass is 256 g/mol. The zero-order chi connectivity index (χ0) is 13.7. The lowest BCUT2D eigenvalue weighted by molar-refractivity contribution is 0.0601. The van der Waals surface area contributed by atoms with Gasteiger partial charge in [-0.1, -0.05) is 24.3 Å². The molecule has 0 aliphatic heterocycles. The van der Waals surface area contributed by atoms with E-state index in [1.165, 1.54) is 7.11 Å². The van der Waals surface area contributed by atoms with Crippen molar-refractivity contribution in [2.24, 2.45) is 0 Å². The molecule has 98 valence electrons. The summed E-state index contributed by atoms with van der Waals surface area (Å²) < 4.78 is 10.1. The van der Waals surface area contributed by atoms with E-state index in [0.717, 1.165) is 16.9 Å². The molecule has 0 radical (unpaired) electrons. The maximum absolute atomic E-state index is 11.4. The fourth-order valence-electron chi connectivity index (χ4n) is 1.85. The van der Waals surface area contributed by atoms with Crippen LogP contribution in [0.3, 0.4) is 0 Å². The van der Waals surface area contributed by atoms with Crippen molar-refractivity contribution in [3.63, 3.8) is 0 Å². The third-order valence-electron chi connectivity index (χ3n) is 2.78. The predicted molar refractivity (Wildman–Crippen MR) is 74.4 cm³/mol. The van der Waals surface area contributed by atoms with Gasteiger partial charge in [-0.25, -0.2) is 4.79 Å². The van der Waals surface area contributed by atoms with Gasteiger partial charge in [0.2, 0.25) is 0 Å². The molecule has 0 saturated carbocycles. The van der Waals surface area contributed by atoms with Crippen molar-refractivity contribution in [1.29, 1.82) is 0 Å². The Labute approximate surface area is 112 Å². The molecule has 2 aromatic rings. The summed E-state index contributed by atoms with van der Waals surface area (Å²) in [6.07, 6.45) is 0. The summed E-state index contributed by atoms with van der Waals surface area (Å²) in [5.41, 5.74) is 2.64. The second-order valence-electron chi connectivity index (χ2n) is 4.03. The summed E-state index contributed by atoms with van der Waals surface area (Å²) in [6.45, 7) is 2.60. The van der Waals surface area contributed by atoms with Crippen LogP contribution in [0, 0.1) is 0 Å². The second-order valence-corrected chi connectivity index (χ2v) is 4.03. The Hall–Kier alpha value is -2.29. The van der Waals surface area contributed by atoms with Crippen LogP contribution in [0.2, 0.25) is 0 Å². The van der Waals surface area contributed by atoms with Gasteiger partial charge in [-0.05, 0) is 42.3 Å². The average Bonchev–Trinajstić information content (AvgIpc) is 2.47. The van der Waals surface area contributed by atoms with Gasteiger partial charge in [0.05, 0.1) is 19.3 Å². The SMILES string of the molecule is CCOc1cccc(-c2ccc(C(=O)OC)cc2)c1. The van der Waals surface area contributed by atoms with Crippen LogP contribution in [0.25, 0.3) is 11.1 Å². The standard InChI is InChI=1S/C16H16O3/c1-3-19-15-6-4-5-14(11-15)12-7-9-13(10-8-12)16(17)18-2/h4-11H,3H2,1-2H3. The van der Waals surface area contributed by atoms with Crippen LogP contribution in [-0.4, -0.2) is 19.7 Å². The summed E-state index contributed by atoms with van der Waals surface area (Å²) in [6, 6.07) is 15.2. The Bertz CT molecular complexity index is 558. The van der Waals surface area contributed by atoms with Crippen molar-refractivity contribution in [3.05, 3.63) is 54.1 Å². The lowest BCUT2D eigenvalue weighted by Crippen LogP contribution is -2.00. The number of benzene rings is 2. The molecule has 2 rings (SSSR count). The molecule has 0 atom stereocenters. The van der Waals surface area contributed by atoms with E-state index in [1.807, 2.05) is 43.3 Å². The van der Waals surface area contributed by atoms with Gasteiger partial charge < -0.3 is 9.47 Å². The second kappa shape index (κ2) is 6.05. The van der Waals surface area contributed by atoms with Crippen LogP contribution in [0.1, 0.15) is 17.3 Å². The first-order valence-electron chi connectivity index (χ1n) is 6.16. The first-order valence-corrected chi connectivity index (χ1v) is 6.16. The summed E-state index contributed by atoms with van der Waals surface area (Å²) in [5.74, 6) is 0.520. The number of carbonyl (C=O) groups is 1. The van der Waals surface area contributed by atoms with Crippen molar-refractivity contribution in [3.8, 4) is 16.9 Å². The molecule has 3 nitrogen and oxygen atoms in total. The maximum atomic E-state index is 11.4. The van der Waals surface area contributed by atoms with Crippen LogP contribution < -0.4 is 4.74 Å². The highest BCUT2D eigenvalue weighted by Crippen LogP contribution is 2.24. The first-order chi connectivity index (χ1) is 9.24. The Morgan fingerprint density at radius 3 is 2.42 bits per heavy atom. The Balaban J connectivity index is 2.26. The Morgan fingerprint density at radius 2 is 1.79 bits per heavy atom. The minimum atomic E-state index is -0.324. The normalized spacial score (nSPS) is 10.0. The largest absolute Gasteiger partial charge is 0.494 e. The van der Waals surface area contributed by atoms with Gasteiger partial charge in [-0.3, -0.25) is 0 Å². The Morgan fingerprint density at radius 1 is 1.05 bits per heavy atom. The molecule has 0 aliphatic carbocycles. The van der Waals surface area contributed by atoms with E-state index in [0.29, 0.717) is 12.2 Å². The fraction of sp³-hybridized carbons (Fsp3) is 0.188. The summed E-state index contributed by atoms with van der Waals surface area (Å²) >= 11 is 0. The van der Waals surface area contributed by atoms with Crippen LogP contribution in [0.15, 0.2) is 48.5 Å². The first kappa shape index (κ1) is 13.1. The third-order valence-corrected chi connectivity index (χ3v) is 2.78. The highest BCUT2D eigenvalue weighted by molar-refractivity contribution is 5.90.